The van der Waals surface area contributed by atoms with Gasteiger partial charge >= 0.3 is 5.97 Å². The standard InChI is InChI=1S/C23H34N2O3.2Na/c1-2-3-4-5-6-7-8-9-10-15-22(26)25-21(23(27)28)16-18-17-24-20-14-12-11-13-19(18)20;;/h11-14,17,21,24H,2-10,15-16H2,1H3,(H,25,26)(H,27,28);;/t21-;;/m0../s1. The van der Waals surface area contributed by atoms with Crippen molar-refractivity contribution in [2.24, 2.45) is 0 Å². The van der Waals surface area contributed by atoms with Crippen molar-refractivity contribution < 1.29 is 14.7 Å². The number of carbonyl (C=O) groups excluding carboxylic acids is 1. The van der Waals surface area contributed by atoms with E-state index in [1.54, 1.807) is 0 Å². The molecule has 0 aliphatic rings. The zero-order valence-corrected chi connectivity index (χ0v) is 23.0. The molecule has 1 aromatic heterocycles. The van der Waals surface area contributed by atoms with Gasteiger partial charge in [-0.1, -0.05) is 76.5 Å². The second-order valence-corrected chi connectivity index (χ2v) is 7.60. The van der Waals surface area contributed by atoms with Crippen molar-refractivity contribution in [2.45, 2.75) is 83.6 Å². The Hall–Kier alpha value is -0.300. The summed E-state index contributed by atoms with van der Waals surface area (Å²) in [5.74, 6) is -1.17. The van der Waals surface area contributed by atoms with Crippen molar-refractivity contribution in [3.05, 3.63) is 36.0 Å². The molecule has 0 saturated carbocycles. The second kappa shape index (κ2) is 17.3. The van der Waals surface area contributed by atoms with Gasteiger partial charge in [-0.25, -0.2) is 4.79 Å². The van der Waals surface area contributed by atoms with E-state index in [0.717, 1.165) is 35.7 Å². The van der Waals surface area contributed by atoms with Gasteiger partial charge < -0.3 is 15.4 Å². The Balaban J connectivity index is 0.00000420. The van der Waals surface area contributed by atoms with Gasteiger partial charge in [0.1, 0.15) is 6.04 Å². The molecule has 0 fully saturated rings. The van der Waals surface area contributed by atoms with Crippen molar-refractivity contribution in [1.82, 2.24) is 10.3 Å². The average Bonchev–Trinajstić information content (AvgIpc) is 3.09. The molecular weight excluding hydrogens is 398 g/mol. The minimum Gasteiger partial charge on any atom is -0.480 e. The second-order valence-electron chi connectivity index (χ2n) is 7.60. The van der Waals surface area contributed by atoms with Crippen molar-refractivity contribution in [3.63, 3.8) is 0 Å². The number of carboxylic acid groups (broad SMARTS) is 1. The summed E-state index contributed by atoms with van der Waals surface area (Å²) in [6.45, 7) is 2.22. The Morgan fingerprint density at radius 2 is 1.57 bits per heavy atom. The van der Waals surface area contributed by atoms with Crippen LogP contribution in [-0.2, 0) is 16.0 Å². The van der Waals surface area contributed by atoms with Crippen LogP contribution in [0.25, 0.3) is 10.9 Å². The van der Waals surface area contributed by atoms with E-state index in [4.69, 9.17) is 0 Å². The number of aromatic amines is 1. The molecule has 0 spiro atoms. The number of unbranched alkanes of at least 4 members (excludes halogenated alkanes) is 8. The van der Waals surface area contributed by atoms with Gasteiger partial charge in [-0.2, -0.15) is 0 Å². The van der Waals surface area contributed by atoms with Crippen LogP contribution in [0.5, 0.6) is 0 Å². The minimum atomic E-state index is -0.995. The number of H-pyrrole nitrogens is 1. The van der Waals surface area contributed by atoms with Crippen LogP contribution in [0.4, 0.5) is 0 Å². The van der Waals surface area contributed by atoms with E-state index in [0.29, 0.717) is 6.42 Å². The molecule has 2 rings (SSSR count). The van der Waals surface area contributed by atoms with Crippen LogP contribution < -0.4 is 5.32 Å². The molecule has 1 amide bonds. The fraction of sp³-hybridized carbons (Fsp3) is 0.565. The number of amides is 1. The molecule has 156 valence electrons. The number of carboxylic acids is 1. The molecule has 1 atom stereocenters. The topological polar surface area (TPSA) is 82.2 Å². The molecule has 0 unspecified atom stereocenters. The van der Waals surface area contributed by atoms with Gasteiger partial charge in [-0.05, 0) is 18.1 Å². The molecule has 0 aliphatic heterocycles. The summed E-state index contributed by atoms with van der Waals surface area (Å²) in [5.41, 5.74) is 1.88. The number of aliphatic carboxylic acids is 1. The van der Waals surface area contributed by atoms with E-state index in [1.807, 2.05) is 30.5 Å². The van der Waals surface area contributed by atoms with E-state index >= 15 is 0 Å². The van der Waals surface area contributed by atoms with Crippen LogP contribution in [0.2, 0.25) is 0 Å². The first kappa shape index (κ1) is 29.7. The van der Waals surface area contributed by atoms with Gasteiger partial charge in [-0.3, -0.25) is 4.79 Å². The Bertz CT molecular complexity index is 749. The molecule has 1 aromatic carbocycles. The van der Waals surface area contributed by atoms with Gasteiger partial charge in [0.05, 0.1) is 0 Å². The zero-order chi connectivity index (χ0) is 20.2. The van der Waals surface area contributed by atoms with Crippen LogP contribution in [0, 0.1) is 0 Å². The van der Waals surface area contributed by atoms with E-state index < -0.39 is 12.0 Å². The maximum Gasteiger partial charge on any atom is 0.326 e. The molecule has 2 aromatic rings. The molecule has 0 saturated heterocycles. The monoisotopic (exact) mass is 432 g/mol. The third-order valence-electron chi connectivity index (χ3n) is 5.24. The molecule has 3 N–H and O–H groups in total. The predicted molar refractivity (Wildman–Crippen MR) is 125 cm³/mol. The molecule has 5 nitrogen and oxygen atoms in total. The summed E-state index contributed by atoms with van der Waals surface area (Å²) < 4.78 is 0. The van der Waals surface area contributed by atoms with Gasteiger partial charge in [0.2, 0.25) is 5.91 Å². The van der Waals surface area contributed by atoms with E-state index in [1.165, 1.54) is 38.5 Å². The zero-order valence-electron chi connectivity index (χ0n) is 19.0. The maximum absolute atomic E-state index is 12.2. The summed E-state index contributed by atoms with van der Waals surface area (Å²) in [7, 11) is 0. The van der Waals surface area contributed by atoms with E-state index in [9.17, 15) is 14.7 Å². The number of nitrogens with one attached hydrogen (secondary N) is 2. The van der Waals surface area contributed by atoms with Crippen LogP contribution in [0.1, 0.15) is 76.7 Å². The number of benzene rings is 1. The number of rotatable bonds is 14. The Morgan fingerprint density at radius 3 is 2.20 bits per heavy atom. The van der Waals surface area contributed by atoms with Crippen molar-refractivity contribution in [2.75, 3.05) is 0 Å². The normalized spacial score (nSPS) is 11.4. The van der Waals surface area contributed by atoms with Gasteiger partial charge in [0.25, 0.3) is 0 Å². The van der Waals surface area contributed by atoms with Crippen LogP contribution in [0.15, 0.2) is 30.5 Å². The summed E-state index contributed by atoms with van der Waals surface area (Å²) >= 11 is 0. The first-order valence-electron chi connectivity index (χ1n) is 10.7. The van der Waals surface area contributed by atoms with E-state index in [2.05, 4.69) is 17.2 Å². The Labute approximate surface area is 224 Å². The molecule has 30 heavy (non-hydrogen) atoms. The first-order valence-corrected chi connectivity index (χ1v) is 10.7. The smallest absolute Gasteiger partial charge is 0.326 e. The number of carbonyl (C=O) groups is 2. The summed E-state index contributed by atoms with van der Waals surface area (Å²) in [6.07, 6.45) is 13.2. The molecular formula is C23H34N2Na2O3. The van der Waals surface area contributed by atoms with Crippen LogP contribution >= 0.6 is 0 Å². The van der Waals surface area contributed by atoms with Crippen LogP contribution in [0.3, 0.4) is 0 Å². The minimum absolute atomic E-state index is 0. The fourth-order valence-electron chi connectivity index (χ4n) is 3.58. The number of aromatic nitrogens is 1. The molecule has 2 radical (unpaired) electrons. The van der Waals surface area contributed by atoms with Gasteiger partial charge in [0.15, 0.2) is 0 Å². The first-order chi connectivity index (χ1) is 13.6. The van der Waals surface area contributed by atoms with Crippen LogP contribution in [-0.4, -0.2) is 87.1 Å². The Kier molecular flexibility index (Phi) is 17.1. The summed E-state index contributed by atoms with van der Waals surface area (Å²) in [5, 5.41) is 13.2. The summed E-state index contributed by atoms with van der Waals surface area (Å²) in [6, 6.07) is 6.88. The van der Waals surface area contributed by atoms with Crippen molar-refractivity contribution >= 4 is 81.9 Å². The van der Waals surface area contributed by atoms with Crippen molar-refractivity contribution in [1.29, 1.82) is 0 Å². The molecule has 0 aliphatic carbocycles. The van der Waals surface area contributed by atoms with E-state index in [-0.39, 0.29) is 71.4 Å². The fourth-order valence-corrected chi connectivity index (χ4v) is 3.58. The van der Waals surface area contributed by atoms with Gasteiger partial charge in [0, 0.05) is 89.1 Å². The quantitative estimate of drug-likeness (QED) is 0.305. The summed E-state index contributed by atoms with van der Waals surface area (Å²) in [4.78, 5) is 26.9. The number of para-hydroxylation sites is 1. The number of hydrogen-bond acceptors (Lipinski definition) is 2. The Morgan fingerprint density at radius 1 is 0.967 bits per heavy atom. The SMILES string of the molecule is CCCCCCCCCCCC(=O)N[C@@H](Cc1c[nH]c2ccccc12)C(=O)O.[Na].[Na]. The van der Waals surface area contributed by atoms with Crippen molar-refractivity contribution in [3.8, 4) is 0 Å². The number of hydrogen-bond donors (Lipinski definition) is 3. The molecule has 0 bridgehead atoms. The average molecular weight is 433 g/mol. The largest absolute Gasteiger partial charge is 0.480 e. The third kappa shape index (κ3) is 10.8. The predicted octanol–water partition coefficient (Wildman–Crippen LogP) is 4.44. The van der Waals surface area contributed by atoms with Gasteiger partial charge in [-0.15, -0.1) is 0 Å². The third-order valence-corrected chi connectivity index (χ3v) is 5.24. The molecule has 1 heterocycles. The maximum atomic E-state index is 12.2. The molecule has 7 heteroatoms. The number of fused-ring (bicyclic) bond motifs is 1.